The average Bonchev–Trinajstić information content (AvgIpc) is 2.37. The number of aromatic nitrogens is 1. The third-order valence-electron chi connectivity index (χ3n) is 2.18. The minimum absolute atomic E-state index is 0.0719. The van der Waals surface area contributed by atoms with Crippen molar-refractivity contribution in [3.05, 3.63) is 52.3 Å². The fourth-order valence-electron chi connectivity index (χ4n) is 1.37. The second kappa shape index (κ2) is 5.77. The third kappa shape index (κ3) is 3.49. The van der Waals surface area contributed by atoms with Gasteiger partial charge in [-0.3, -0.25) is 0 Å². The lowest BCUT2D eigenvalue weighted by Gasteiger charge is -2.06. The number of oxime groups is 1. The number of rotatable bonds is 3. The number of amidine groups is 1. The average molecular weight is 298 g/mol. The van der Waals surface area contributed by atoms with E-state index >= 15 is 0 Å². The summed E-state index contributed by atoms with van der Waals surface area (Å²) in [4.78, 5) is 3.98. The summed E-state index contributed by atoms with van der Waals surface area (Å²) in [5.74, 6) is 0.904. The zero-order chi connectivity index (χ0) is 13.8. The molecule has 0 unspecified atom stereocenters. The molecule has 1 aromatic carbocycles. The van der Waals surface area contributed by atoms with E-state index in [1.807, 2.05) is 0 Å². The summed E-state index contributed by atoms with van der Waals surface area (Å²) in [7, 11) is 0. The maximum absolute atomic E-state index is 8.52. The van der Waals surface area contributed by atoms with Gasteiger partial charge in [0.05, 0.1) is 6.20 Å². The molecule has 0 radical (unpaired) electrons. The molecule has 0 atom stereocenters. The summed E-state index contributed by atoms with van der Waals surface area (Å²) >= 11 is 11.7. The van der Waals surface area contributed by atoms with Gasteiger partial charge in [0.15, 0.2) is 5.84 Å². The topological polar surface area (TPSA) is 80.7 Å². The molecule has 98 valence electrons. The van der Waals surface area contributed by atoms with Gasteiger partial charge in [-0.15, -0.1) is 0 Å². The normalized spacial score (nSPS) is 11.4. The predicted octanol–water partition coefficient (Wildman–Crippen LogP) is 3.28. The summed E-state index contributed by atoms with van der Waals surface area (Å²) < 4.78 is 5.53. The third-order valence-corrected chi connectivity index (χ3v) is 2.61. The van der Waals surface area contributed by atoms with Crippen molar-refractivity contribution >= 4 is 29.0 Å². The lowest BCUT2D eigenvalue weighted by Crippen LogP contribution is -2.14. The Kier molecular flexibility index (Phi) is 4.09. The molecule has 0 amide bonds. The molecule has 0 spiro atoms. The number of hydrogen-bond acceptors (Lipinski definition) is 4. The summed E-state index contributed by atoms with van der Waals surface area (Å²) in [6.45, 7) is 0. The van der Waals surface area contributed by atoms with Crippen molar-refractivity contribution in [1.29, 1.82) is 0 Å². The van der Waals surface area contributed by atoms with Crippen LogP contribution in [0.15, 0.2) is 41.7 Å². The Hall–Kier alpha value is -1.98. The van der Waals surface area contributed by atoms with Crippen molar-refractivity contribution in [3.63, 3.8) is 0 Å². The van der Waals surface area contributed by atoms with Gasteiger partial charge in [-0.25, -0.2) is 4.98 Å². The van der Waals surface area contributed by atoms with Gasteiger partial charge in [0.2, 0.25) is 0 Å². The first-order valence-electron chi connectivity index (χ1n) is 5.16. The second-order valence-corrected chi connectivity index (χ2v) is 4.44. The van der Waals surface area contributed by atoms with Crippen molar-refractivity contribution in [3.8, 4) is 11.5 Å². The van der Waals surface area contributed by atoms with Gasteiger partial charge < -0.3 is 15.7 Å². The first kappa shape index (κ1) is 13.5. The standard InChI is InChI=1S/C12H9Cl2N3O2/c13-7-3-8(14)5-10(4-7)19-9-1-2-11(16-6-9)12(15)17-18/h1-6,18H,(H2,15,17). The number of halogens is 2. The summed E-state index contributed by atoms with van der Waals surface area (Å²) in [6, 6.07) is 8.07. The minimum atomic E-state index is -0.0719. The number of benzene rings is 1. The maximum Gasteiger partial charge on any atom is 0.188 e. The Labute approximate surface area is 119 Å². The number of nitrogens with zero attached hydrogens (tertiary/aromatic N) is 2. The molecule has 2 aromatic rings. The number of ether oxygens (including phenoxy) is 1. The summed E-state index contributed by atoms with van der Waals surface area (Å²) in [5, 5.41) is 12.3. The molecule has 3 N–H and O–H groups in total. The van der Waals surface area contributed by atoms with Crippen LogP contribution < -0.4 is 10.5 Å². The molecule has 0 saturated carbocycles. The Bertz CT molecular complexity index is 595. The molecule has 0 fully saturated rings. The lowest BCUT2D eigenvalue weighted by molar-refractivity contribution is 0.318. The number of nitrogens with two attached hydrogens (primary N) is 1. The maximum atomic E-state index is 8.52. The molecule has 0 aliphatic rings. The van der Waals surface area contributed by atoms with E-state index in [-0.39, 0.29) is 5.84 Å². The minimum Gasteiger partial charge on any atom is -0.456 e. The van der Waals surface area contributed by atoms with E-state index in [1.54, 1.807) is 30.3 Å². The second-order valence-electron chi connectivity index (χ2n) is 3.57. The van der Waals surface area contributed by atoms with Gasteiger partial charge >= 0.3 is 0 Å². The highest BCUT2D eigenvalue weighted by atomic mass is 35.5. The van der Waals surface area contributed by atoms with E-state index < -0.39 is 0 Å². The molecule has 19 heavy (non-hydrogen) atoms. The predicted molar refractivity (Wildman–Crippen MR) is 73.3 cm³/mol. The van der Waals surface area contributed by atoms with E-state index in [0.29, 0.717) is 27.2 Å². The monoisotopic (exact) mass is 297 g/mol. The van der Waals surface area contributed by atoms with Gasteiger partial charge in [-0.1, -0.05) is 28.4 Å². The molecule has 0 saturated heterocycles. The molecular weight excluding hydrogens is 289 g/mol. The Morgan fingerprint density at radius 3 is 2.37 bits per heavy atom. The Morgan fingerprint density at radius 1 is 1.16 bits per heavy atom. The zero-order valence-corrected chi connectivity index (χ0v) is 11.1. The van der Waals surface area contributed by atoms with Crippen LogP contribution in [0.1, 0.15) is 5.69 Å². The molecule has 1 heterocycles. The number of hydrogen-bond donors (Lipinski definition) is 2. The smallest absolute Gasteiger partial charge is 0.188 e. The van der Waals surface area contributed by atoms with Crippen LogP contribution in [0.2, 0.25) is 10.0 Å². The van der Waals surface area contributed by atoms with Crippen LogP contribution in [0.25, 0.3) is 0 Å². The van der Waals surface area contributed by atoms with E-state index in [1.165, 1.54) is 6.20 Å². The largest absolute Gasteiger partial charge is 0.456 e. The van der Waals surface area contributed by atoms with Crippen LogP contribution in [0.3, 0.4) is 0 Å². The molecule has 0 aliphatic carbocycles. The van der Waals surface area contributed by atoms with E-state index in [0.717, 1.165) is 0 Å². The molecular formula is C12H9Cl2N3O2. The van der Waals surface area contributed by atoms with E-state index in [2.05, 4.69) is 10.1 Å². The van der Waals surface area contributed by atoms with Crippen LogP contribution in [0, 0.1) is 0 Å². The lowest BCUT2D eigenvalue weighted by atomic mass is 10.3. The molecule has 2 rings (SSSR count). The molecule has 5 nitrogen and oxygen atoms in total. The van der Waals surface area contributed by atoms with Crippen LogP contribution in [0.4, 0.5) is 0 Å². The van der Waals surface area contributed by atoms with E-state index in [4.69, 9.17) is 38.9 Å². The van der Waals surface area contributed by atoms with Crippen LogP contribution >= 0.6 is 23.2 Å². The van der Waals surface area contributed by atoms with Crippen molar-refractivity contribution in [2.45, 2.75) is 0 Å². The highest BCUT2D eigenvalue weighted by Gasteiger charge is 2.04. The van der Waals surface area contributed by atoms with Gasteiger partial charge in [0, 0.05) is 10.0 Å². The molecule has 0 bridgehead atoms. The molecule has 1 aromatic heterocycles. The Balaban J connectivity index is 2.19. The SMILES string of the molecule is N/C(=N/O)c1ccc(Oc2cc(Cl)cc(Cl)c2)cn1. The first-order chi connectivity index (χ1) is 9.08. The highest BCUT2D eigenvalue weighted by Crippen LogP contribution is 2.27. The summed E-state index contributed by atoms with van der Waals surface area (Å²) in [5.41, 5.74) is 5.74. The summed E-state index contributed by atoms with van der Waals surface area (Å²) in [6.07, 6.45) is 1.45. The zero-order valence-electron chi connectivity index (χ0n) is 9.55. The first-order valence-corrected chi connectivity index (χ1v) is 5.92. The van der Waals surface area contributed by atoms with Crippen molar-refractivity contribution in [2.24, 2.45) is 10.9 Å². The number of pyridine rings is 1. The van der Waals surface area contributed by atoms with Crippen molar-refractivity contribution < 1.29 is 9.94 Å². The van der Waals surface area contributed by atoms with Crippen LogP contribution in [0.5, 0.6) is 11.5 Å². The fraction of sp³-hybridized carbons (Fsp3) is 0. The van der Waals surface area contributed by atoms with Gasteiger partial charge in [0.1, 0.15) is 17.2 Å². The van der Waals surface area contributed by atoms with Crippen molar-refractivity contribution in [2.75, 3.05) is 0 Å². The van der Waals surface area contributed by atoms with Gasteiger partial charge in [-0.2, -0.15) is 0 Å². The van der Waals surface area contributed by atoms with Crippen LogP contribution in [-0.4, -0.2) is 16.0 Å². The Morgan fingerprint density at radius 2 is 1.84 bits per heavy atom. The fourth-order valence-corrected chi connectivity index (χ4v) is 1.87. The quantitative estimate of drug-likeness (QED) is 0.394. The molecule has 0 aliphatic heterocycles. The van der Waals surface area contributed by atoms with Crippen molar-refractivity contribution in [1.82, 2.24) is 4.98 Å². The van der Waals surface area contributed by atoms with Crippen LogP contribution in [-0.2, 0) is 0 Å². The molecule has 7 heteroatoms. The van der Waals surface area contributed by atoms with Gasteiger partial charge in [-0.05, 0) is 30.3 Å². The van der Waals surface area contributed by atoms with E-state index in [9.17, 15) is 0 Å². The van der Waals surface area contributed by atoms with Gasteiger partial charge in [0.25, 0.3) is 0 Å². The highest BCUT2D eigenvalue weighted by molar-refractivity contribution is 6.34.